The topological polar surface area (TPSA) is 67.2 Å². The van der Waals surface area contributed by atoms with Crippen molar-refractivity contribution in [2.24, 2.45) is 0 Å². The van der Waals surface area contributed by atoms with Gasteiger partial charge in [0, 0.05) is 24.6 Å². The van der Waals surface area contributed by atoms with Gasteiger partial charge in [-0.3, -0.25) is 0 Å². The molecule has 5 heteroatoms. The summed E-state index contributed by atoms with van der Waals surface area (Å²) >= 11 is 0. The summed E-state index contributed by atoms with van der Waals surface area (Å²) in [7, 11) is 0. The Balaban J connectivity index is 2.16. The number of hydrogen-bond acceptors (Lipinski definition) is 3. The lowest BCUT2D eigenvalue weighted by Gasteiger charge is -2.07. The predicted molar refractivity (Wildman–Crippen MR) is 64.6 cm³/mol. The molecule has 0 spiro atoms. The average molecular weight is 231 g/mol. The summed E-state index contributed by atoms with van der Waals surface area (Å²) in [6.07, 6.45) is 3.60. The molecule has 0 saturated heterocycles. The van der Waals surface area contributed by atoms with E-state index in [9.17, 15) is 4.79 Å². The van der Waals surface area contributed by atoms with Crippen LogP contribution in [0.1, 0.15) is 17.3 Å². The summed E-state index contributed by atoms with van der Waals surface area (Å²) in [6.45, 7) is 2.86. The van der Waals surface area contributed by atoms with Gasteiger partial charge >= 0.3 is 5.97 Å². The Bertz CT molecular complexity index is 517. The highest BCUT2D eigenvalue weighted by Crippen LogP contribution is 2.15. The summed E-state index contributed by atoms with van der Waals surface area (Å²) in [4.78, 5) is 14.9. The largest absolute Gasteiger partial charge is 0.478 e. The lowest BCUT2D eigenvalue weighted by Crippen LogP contribution is -2.02. The van der Waals surface area contributed by atoms with E-state index in [1.54, 1.807) is 30.5 Å². The molecule has 0 aliphatic carbocycles. The lowest BCUT2D eigenvalue weighted by atomic mass is 10.2. The fourth-order valence-corrected chi connectivity index (χ4v) is 1.51. The first-order valence-corrected chi connectivity index (χ1v) is 5.32. The van der Waals surface area contributed by atoms with Crippen LogP contribution in [0, 0.1) is 0 Å². The highest BCUT2D eigenvalue weighted by atomic mass is 16.4. The third kappa shape index (κ3) is 2.44. The van der Waals surface area contributed by atoms with Crippen molar-refractivity contribution < 1.29 is 9.90 Å². The van der Waals surface area contributed by atoms with E-state index in [-0.39, 0.29) is 5.56 Å². The number of imidazole rings is 1. The van der Waals surface area contributed by atoms with Gasteiger partial charge in [-0.15, -0.1) is 0 Å². The first-order chi connectivity index (χ1) is 8.20. The van der Waals surface area contributed by atoms with E-state index in [2.05, 4.69) is 10.3 Å². The number of carbonyl (C=O) groups is 1. The lowest BCUT2D eigenvalue weighted by molar-refractivity contribution is 0.0697. The summed E-state index contributed by atoms with van der Waals surface area (Å²) < 4.78 is 1.96. The van der Waals surface area contributed by atoms with Crippen molar-refractivity contribution in [3.05, 3.63) is 42.2 Å². The number of nitrogens with one attached hydrogen (secondary N) is 1. The molecule has 2 aromatic rings. The molecule has 0 atom stereocenters. The van der Waals surface area contributed by atoms with Crippen LogP contribution >= 0.6 is 0 Å². The number of carboxylic acids is 1. The number of aromatic carboxylic acids is 1. The van der Waals surface area contributed by atoms with Gasteiger partial charge in [0.15, 0.2) is 0 Å². The normalized spacial score (nSPS) is 10.2. The van der Waals surface area contributed by atoms with Crippen molar-refractivity contribution in [3.8, 4) is 0 Å². The molecule has 88 valence electrons. The number of hydrogen-bond donors (Lipinski definition) is 2. The van der Waals surface area contributed by atoms with Crippen molar-refractivity contribution in [2.75, 3.05) is 5.32 Å². The highest BCUT2D eigenvalue weighted by molar-refractivity contribution is 5.88. The molecule has 1 heterocycles. The second-order valence-corrected chi connectivity index (χ2v) is 3.54. The second-order valence-electron chi connectivity index (χ2n) is 3.54. The van der Waals surface area contributed by atoms with Crippen LogP contribution in [0.4, 0.5) is 11.6 Å². The zero-order valence-corrected chi connectivity index (χ0v) is 9.42. The molecule has 0 fully saturated rings. The van der Waals surface area contributed by atoms with Crippen LogP contribution in [0.15, 0.2) is 36.7 Å². The van der Waals surface area contributed by atoms with E-state index in [1.807, 2.05) is 17.7 Å². The summed E-state index contributed by atoms with van der Waals surface area (Å²) in [5.74, 6) is -0.179. The number of rotatable bonds is 4. The Morgan fingerprint density at radius 2 is 2.12 bits per heavy atom. The molecule has 0 unspecified atom stereocenters. The Morgan fingerprint density at radius 3 is 2.71 bits per heavy atom. The number of aromatic nitrogens is 2. The van der Waals surface area contributed by atoms with Crippen LogP contribution in [-0.2, 0) is 6.54 Å². The standard InChI is InChI=1S/C12H13N3O2/c1-2-15-8-7-13-12(15)14-10-5-3-9(4-6-10)11(16)17/h3-8H,2H2,1H3,(H,13,14)(H,16,17). The third-order valence-electron chi connectivity index (χ3n) is 2.44. The molecule has 17 heavy (non-hydrogen) atoms. The zero-order valence-electron chi connectivity index (χ0n) is 9.42. The number of nitrogens with zero attached hydrogens (tertiary/aromatic N) is 2. The molecule has 0 saturated carbocycles. The fourth-order valence-electron chi connectivity index (χ4n) is 1.51. The van der Waals surface area contributed by atoms with Crippen LogP contribution in [0.25, 0.3) is 0 Å². The molecule has 0 bridgehead atoms. The zero-order chi connectivity index (χ0) is 12.3. The summed E-state index contributed by atoms with van der Waals surface area (Å²) in [6, 6.07) is 6.56. The molecule has 0 aliphatic rings. The maximum absolute atomic E-state index is 10.7. The minimum atomic E-state index is -0.924. The van der Waals surface area contributed by atoms with Gasteiger partial charge in [0.05, 0.1) is 5.56 Å². The van der Waals surface area contributed by atoms with Gasteiger partial charge in [-0.25, -0.2) is 9.78 Å². The second kappa shape index (κ2) is 4.69. The van der Waals surface area contributed by atoms with Crippen molar-refractivity contribution in [1.29, 1.82) is 0 Å². The fraction of sp³-hybridized carbons (Fsp3) is 0.167. The first kappa shape index (κ1) is 11.2. The smallest absolute Gasteiger partial charge is 0.335 e. The van der Waals surface area contributed by atoms with Gasteiger partial charge in [0.2, 0.25) is 5.95 Å². The van der Waals surface area contributed by atoms with Crippen molar-refractivity contribution in [1.82, 2.24) is 9.55 Å². The molecule has 0 radical (unpaired) electrons. The Hall–Kier alpha value is -2.30. The summed E-state index contributed by atoms with van der Waals surface area (Å²) in [5.41, 5.74) is 1.09. The highest BCUT2D eigenvalue weighted by Gasteiger charge is 2.04. The molecular weight excluding hydrogens is 218 g/mol. The van der Waals surface area contributed by atoms with Crippen molar-refractivity contribution in [2.45, 2.75) is 13.5 Å². The molecule has 0 amide bonds. The van der Waals surface area contributed by atoms with Gasteiger partial charge in [0.1, 0.15) is 0 Å². The monoisotopic (exact) mass is 231 g/mol. The molecule has 1 aromatic carbocycles. The van der Waals surface area contributed by atoms with Crippen LogP contribution in [-0.4, -0.2) is 20.6 Å². The average Bonchev–Trinajstić information content (AvgIpc) is 2.77. The Labute approximate surface area is 98.7 Å². The SMILES string of the molecule is CCn1ccnc1Nc1ccc(C(=O)O)cc1. The number of anilines is 2. The number of benzene rings is 1. The van der Waals surface area contributed by atoms with E-state index in [0.717, 1.165) is 18.2 Å². The van der Waals surface area contributed by atoms with Crippen molar-refractivity contribution in [3.63, 3.8) is 0 Å². The molecule has 1 aromatic heterocycles. The minimum absolute atomic E-state index is 0.273. The van der Waals surface area contributed by atoms with E-state index >= 15 is 0 Å². The maximum Gasteiger partial charge on any atom is 0.335 e. The van der Waals surface area contributed by atoms with Crippen LogP contribution in [0.3, 0.4) is 0 Å². The van der Waals surface area contributed by atoms with Gasteiger partial charge < -0.3 is 15.0 Å². The molecule has 2 N–H and O–H groups in total. The Morgan fingerprint density at radius 1 is 1.41 bits per heavy atom. The molecular formula is C12H13N3O2. The van der Waals surface area contributed by atoms with Crippen LogP contribution < -0.4 is 5.32 Å². The maximum atomic E-state index is 10.7. The van der Waals surface area contributed by atoms with Crippen molar-refractivity contribution >= 4 is 17.6 Å². The van der Waals surface area contributed by atoms with Gasteiger partial charge in [0.25, 0.3) is 0 Å². The minimum Gasteiger partial charge on any atom is -0.478 e. The molecule has 2 rings (SSSR count). The van der Waals surface area contributed by atoms with Crippen LogP contribution in [0.2, 0.25) is 0 Å². The first-order valence-electron chi connectivity index (χ1n) is 5.32. The molecule has 0 aliphatic heterocycles. The predicted octanol–water partition coefficient (Wildman–Crippen LogP) is 2.34. The molecule has 5 nitrogen and oxygen atoms in total. The van der Waals surface area contributed by atoms with Gasteiger partial charge in [-0.05, 0) is 31.2 Å². The van der Waals surface area contributed by atoms with E-state index in [1.165, 1.54) is 0 Å². The van der Waals surface area contributed by atoms with E-state index < -0.39 is 5.97 Å². The van der Waals surface area contributed by atoms with Gasteiger partial charge in [-0.1, -0.05) is 0 Å². The van der Waals surface area contributed by atoms with E-state index in [0.29, 0.717) is 0 Å². The number of carboxylic acid groups (broad SMARTS) is 1. The summed E-state index contributed by atoms with van der Waals surface area (Å²) in [5, 5.41) is 11.9. The Kier molecular flexibility index (Phi) is 3.09. The number of aryl methyl sites for hydroxylation is 1. The van der Waals surface area contributed by atoms with E-state index in [4.69, 9.17) is 5.11 Å². The van der Waals surface area contributed by atoms with Crippen LogP contribution in [0.5, 0.6) is 0 Å². The third-order valence-corrected chi connectivity index (χ3v) is 2.44. The van der Waals surface area contributed by atoms with Gasteiger partial charge in [-0.2, -0.15) is 0 Å². The quantitative estimate of drug-likeness (QED) is 0.847.